The van der Waals surface area contributed by atoms with E-state index in [0.29, 0.717) is 32.3 Å². The van der Waals surface area contributed by atoms with Crippen LogP contribution in [0.3, 0.4) is 0 Å². The third kappa shape index (κ3) is 20.2. The maximum atomic E-state index is 11.8. The molecule has 4 nitrogen and oxygen atoms in total. The lowest BCUT2D eigenvalue weighted by atomic mass is 10.1. The highest BCUT2D eigenvalue weighted by Gasteiger charge is 2.11. The van der Waals surface area contributed by atoms with Crippen molar-refractivity contribution in [2.45, 2.75) is 149 Å². The normalized spacial score (nSPS) is 12.0. The molecule has 0 aromatic carbocycles. The molecular formula is C26H50O4. The Morgan fingerprint density at radius 2 is 1.10 bits per heavy atom. The third-order valence-electron chi connectivity index (χ3n) is 5.64. The molecule has 0 rings (SSSR count). The number of hydrogen-bond acceptors (Lipinski definition) is 4. The van der Waals surface area contributed by atoms with Gasteiger partial charge < -0.3 is 9.47 Å². The molecule has 0 amide bonds. The molecule has 0 aliphatic rings. The van der Waals surface area contributed by atoms with Crippen LogP contribution >= 0.6 is 0 Å². The maximum absolute atomic E-state index is 11.8. The molecule has 0 saturated heterocycles. The van der Waals surface area contributed by atoms with Crippen LogP contribution < -0.4 is 0 Å². The summed E-state index contributed by atoms with van der Waals surface area (Å²) in [7, 11) is 0. The molecule has 0 aromatic rings. The van der Waals surface area contributed by atoms with Crippen LogP contribution in [0.25, 0.3) is 0 Å². The highest BCUT2D eigenvalue weighted by molar-refractivity contribution is 5.70. The Labute approximate surface area is 186 Å². The van der Waals surface area contributed by atoms with Gasteiger partial charge in [0.2, 0.25) is 0 Å². The second-order valence-electron chi connectivity index (χ2n) is 8.63. The zero-order chi connectivity index (χ0) is 22.3. The minimum Gasteiger partial charge on any atom is -0.466 e. The van der Waals surface area contributed by atoms with Crippen LogP contribution in [0, 0.1) is 0 Å². The van der Waals surface area contributed by atoms with Gasteiger partial charge in [0.1, 0.15) is 6.10 Å². The summed E-state index contributed by atoms with van der Waals surface area (Å²) in [6.45, 7) is 6.94. The second kappa shape index (κ2) is 22.6. The Morgan fingerprint density at radius 1 is 0.600 bits per heavy atom. The van der Waals surface area contributed by atoms with E-state index in [1.807, 2.05) is 6.92 Å². The molecule has 1 atom stereocenters. The van der Waals surface area contributed by atoms with Gasteiger partial charge in [-0.05, 0) is 32.1 Å². The van der Waals surface area contributed by atoms with Crippen LogP contribution in [-0.2, 0) is 19.1 Å². The SMILES string of the molecule is CCCCCCCCCCCCCCOC(=O)CCCCC(=O)OC(CC)CCC. The van der Waals surface area contributed by atoms with Crippen LogP contribution in [-0.4, -0.2) is 24.6 Å². The van der Waals surface area contributed by atoms with Crippen molar-refractivity contribution in [3.8, 4) is 0 Å². The van der Waals surface area contributed by atoms with Gasteiger partial charge in [0.05, 0.1) is 6.61 Å². The van der Waals surface area contributed by atoms with Gasteiger partial charge >= 0.3 is 11.9 Å². The summed E-state index contributed by atoms with van der Waals surface area (Å²) in [5.41, 5.74) is 0. The van der Waals surface area contributed by atoms with E-state index >= 15 is 0 Å². The molecule has 178 valence electrons. The minimum atomic E-state index is -0.139. The highest BCUT2D eigenvalue weighted by Crippen LogP contribution is 2.12. The topological polar surface area (TPSA) is 52.6 Å². The van der Waals surface area contributed by atoms with Crippen LogP contribution in [0.2, 0.25) is 0 Å². The largest absolute Gasteiger partial charge is 0.466 e. The lowest BCUT2D eigenvalue weighted by Crippen LogP contribution is -2.17. The molecule has 0 aromatic heterocycles. The van der Waals surface area contributed by atoms with Crippen molar-refractivity contribution in [2.24, 2.45) is 0 Å². The molecule has 0 bridgehead atoms. The molecule has 0 saturated carbocycles. The monoisotopic (exact) mass is 426 g/mol. The third-order valence-corrected chi connectivity index (χ3v) is 5.64. The first-order valence-electron chi connectivity index (χ1n) is 13.0. The van der Waals surface area contributed by atoms with Crippen molar-refractivity contribution in [3.05, 3.63) is 0 Å². The first kappa shape index (κ1) is 28.9. The summed E-state index contributed by atoms with van der Waals surface area (Å²) in [6, 6.07) is 0. The molecule has 0 heterocycles. The predicted molar refractivity (Wildman–Crippen MR) is 126 cm³/mol. The van der Waals surface area contributed by atoms with Gasteiger partial charge in [0.15, 0.2) is 0 Å². The maximum Gasteiger partial charge on any atom is 0.306 e. The van der Waals surface area contributed by atoms with E-state index in [1.165, 1.54) is 64.2 Å². The number of rotatable bonds is 22. The number of hydrogen-bond donors (Lipinski definition) is 0. The zero-order valence-corrected chi connectivity index (χ0v) is 20.4. The number of ether oxygens (including phenoxy) is 2. The average molecular weight is 427 g/mol. The quantitative estimate of drug-likeness (QED) is 0.130. The summed E-state index contributed by atoms with van der Waals surface area (Å²) in [5.74, 6) is -0.274. The van der Waals surface area contributed by atoms with Gasteiger partial charge in [-0.1, -0.05) is 97.8 Å². The summed E-state index contributed by atoms with van der Waals surface area (Å²) in [6.07, 6.45) is 20.7. The molecular weight excluding hydrogens is 376 g/mol. The standard InChI is InChI=1S/C26H50O4/c1-4-7-8-9-10-11-12-13-14-15-16-19-23-29-25(27)21-17-18-22-26(28)30-24(6-3)20-5-2/h24H,4-23H2,1-3H3. The smallest absolute Gasteiger partial charge is 0.306 e. The van der Waals surface area contributed by atoms with Crippen molar-refractivity contribution in [3.63, 3.8) is 0 Å². The van der Waals surface area contributed by atoms with Gasteiger partial charge in [-0.25, -0.2) is 0 Å². The first-order valence-corrected chi connectivity index (χ1v) is 13.0. The molecule has 30 heavy (non-hydrogen) atoms. The fourth-order valence-electron chi connectivity index (χ4n) is 3.65. The van der Waals surface area contributed by atoms with Crippen LogP contribution in [0.4, 0.5) is 0 Å². The average Bonchev–Trinajstić information content (AvgIpc) is 2.74. The lowest BCUT2D eigenvalue weighted by Gasteiger charge is -2.15. The Kier molecular flexibility index (Phi) is 21.8. The van der Waals surface area contributed by atoms with Crippen molar-refractivity contribution < 1.29 is 19.1 Å². The van der Waals surface area contributed by atoms with Gasteiger partial charge in [-0.3, -0.25) is 9.59 Å². The fourth-order valence-corrected chi connectivity index (χ4v) is 3.65. The van der Waals surface area contributed by atoms with Gasteiger partial charge in [-0.15, -0.1) is 0 Å². The lowest BCUT2D eigenvalue weighted by molar-refractivity contribution is -0.150. The van der Waals surface area contributed by atoms with Crippen molar-refractivity contribution in [1.29, 1.82) is 0 Å². The van der Waals surface area contributed by atoms with Crippen LogP contribution in [0.5, 0.6) is 0 Å². The Hall–Kier alpha value is -1.06. The minimum absolute atomic E-state index is 0.0445. The van der Waals surface area contributed by atoms with E-state index in [9.17, 15) is 9.59 Å². The molecule has 0 aliphatic carbocycles. The molecule has 0 fully saturated rings. The predicted octanol–water partition coefficient (Wildman–Crippen LogP) is 7.91. The van der Waals surface area contributed by atoms with E-state index in [2.05, 4.69) is 13.8 Å². The van der Waals surface area contributed by atoms with Gasteiger partial charge in [-0.2, -0.15) is 0 Å². The van der Waals surface area contributed by atoms with E-state index in [4.69, 9.17) is 9.47 Å². The van der Waals surface area contributed by atoms with Gasteiger partial charge in [0.25, 0.3) is 0 Å². The molecule has 4 heteroatoms. The van der Waals surface area contributed by atoms with E-state index in [1.54, 1.807) is 0 Å². The molecule has 0 N–H and O–H groups in total. The first-order chi connectivity index (χ1) is 14.6. The Morgan fingerprint density at radius 3 is 1.60 bits per heavy atom. The molecule has 0 radical (unpaired) electrons. The molecule has 1 unspecified atom stereocenters. The summed E-state index contributed by atoms with van der Waals surface area (Å²) in [5, 5.41) is 0. The van der Waals surface area contributed by atoms with Crippen molar-refractivity contribution in [2.75, 3.05) is 6.61 Å². The van der Waals surface area contributed by atoms with Crippen LogP contribution in [0.15, 0.2) is 0 Å². The van der Waals surface area contributed by atoms with Crippen molar-refractivity contribution in [1.82, 2.24) is 0 Å². The van der Waals surface area contributed by atoms with Crippen LogP contribution in [0.1, 0.15) is 143 Å². The fraction of sp³-hybridized carbons (Fsp3) is 0.923. The van der Waals surface area contributed by atoms with Gasteiger partial charge in [0, 0.05) is 12.8 Å². The zero-order valence-electron chi connectivity index (χ0n) is 20.4. The Bertz CT molecular complexity index is 394. The van der Waals surface area contributed by atoms with E-state index in [-0.39, 0.29) is 18.0 Å². The number of carbonyl (C=O) groups excluding carboxylic acids is 2. The summed E-state index contributed by atoms with van der Waals surface area (Å²) < 4.78 is 10.7. The number of esters is 2. The van der Waals surface area contributed by atoms with E-state index in [0.717, 1.165) is 32.1 Å². The molecule has 0 spiro atoms. The summed E-state index contributed by atoms with van der Waals surface area (Å²) >= 11 is 0. The van der Waals surface area contributed by atoms with Crippen molar-refractivity contribution >= 4 is 11.9 Å². The summed E-state index contributed by atoms with van der Waals surface area (Å²) in [4.78, 5) is 23.6. The Balaban J connectivity index is 3.37. The second-order valence-corrected chi connectivity index (χ2v) is 8.63. The van der Waals surface area contributed by atoms with E-state index < -0.39 is 0 Å². The molecule has 0 aliphatic heterocycles. The number of carbonyl (C=O) groups is 2. The highest BCUT2D eigenvalue weighted by atomic mass is 16.5. The number of unbranched alkanes of at least 4 members (excludes halogenated alkanes) is 12.